The summed E-state index contributed by atoms with van der Waals surface area (Å²) in [6.07, 6.45) is 4.63. The lowest BCUT2D eigenvalue weighted by Crippen LogP contribution is -1.99. The molecule has 0 aliphatic heterocycles. The zero-order valence-electron chi connectivity index (χ0n) is 11.7. The van der Waals surface area contributed by atoms with Crippen molar-refractivity contribution < 1.29 is 5.11 Å². The van der Waals surface area contributed by atoms with Gasteiger partial charge < -0.3 is 5.11 Å². The van der Waals surface area contributed by atoms with Crippen LogP contribution in [-0.4, -0.2) is 5.11 Å². The molecule has 0 amide bonds. The minimum absolute atomic E-state index is 0.400. The van der Waals surface area contributed by atoms with Gasteiger partial charge in [0.1, 0.15) is 5.75 Å². The molecule has 1 aromatic carbocycles. The second-order valence-corrected chi connectivity index (χ2v) is 5.82. The van der Waals surface area contributed by atoms with Crippen LogP contribution in [0.5, 0.6) is 5.75 Å². The summed E-state index contributed by atoms with van der Waals surface area (Å²) in [5.74, 6) is 1.86. The van der Waals surface area contributed by atoms with Gasteiger partial charge in [0.15, 0.2) is 0 Å². The highest BCUT2D eigenvalue weighted by Gasteiger charge is 2.06. The zero-order chi connectivity index (χ0) is 12.8. The predicted octanol–water partition coefficient (Wildman–Crippen LogP) is 4.57. The van der Waals surface area contributed by atoms with Gasteiger partial charge in [-0.15, -0.1) is 0 Å². The van der Waals surface area contributed by atoms with E-state index in [1.165, 1.54) is 24.0 Å². The van der Waals surface area contributed by atoms with Gasteiger partial charge in [0.2, 0.25) is 0 Å². The number of phenolic OH excluding ortho intramolecular Hbond substituents is 1. The molecular formula is C16H26O. The summed E-state index contributed by atoms with van der Waals surface area (Å²) in [4.78, 5) is 0. The van der Waals surface area contributed by atoms with E-state index in [-0.39, 0.29) is 0 Å². The summed E-state index contributed by atoms with van der Waals surface area (Å²) in [6.45, 7) is 9.01. The molecular weight excluding hydrogens is 208 g/mol. The van der Waals surface area contributed by atoms with E-state index in [2.05, 4.69) is 33.8 Å². The van der Waals surface area contributed by atoms with E-state index in [0.717, 1.165) is 24.7 Å². The molecule has 1 heteroatoms. The number of phenols is 1. The van der Waals surface area contributed by atoms with Crippen molar-refractivity contribution in [2.75, 3.05) is 0 Å². The van der Waals surface area contributed by atoms with Crippen LogP contribution in [0, 0.1) is 11.8 Å². The first-order valence-corrected chi connectivity index (χ1v) is 6.79. The molecule has 0 aromatic heterocycles. The smallest absolute Gasteiger partial charge is 0.115 e. The third-order valence-corrected chi connectivity index (χ3v) is 3.17. The number of hydrogen-bond acceptors (Lipinski definition) is 1. The minimum Gasteiger partial charge on any atom is -0.508 e. The largest absolute Gasteiger partial charge is 0.508 e. The molecule has 1 nitrogen and oxygen atoms in total. The number of aromatic hydroxyl groups is 1. The van der Waals surface area contributed by atoms with Crippen molar-refractivity contribution in [2.45, 2.75) is 53.4 Å². The van der Waals surface area contributed by atoms with E-state index in [1.807, 2.05) is 12.1 Å². The first-order chi connectivity index (χ1) is 7.99. The Balaban J connectivity index is 2.72. The highest BCUT2D eigenvalue weighted by molar-refractivity contribution is 5.35. The fourth-order valence-electron chi connectivity index (χ4n) is 1.98. The maximum absolute atomic E-state index is 9.58. The van der Waals surface area contributed by atoms with E-state index < -0.39 is 0 Å². The third-order valence-electron chi connectivity index (χ3n) is 3.17. The second kappa shape index (κ2) is 6.68. The Morgan fingerprint density at radius 3 is 1.94 bits per heavy atom. The molecule has 17 heavy (non-hydrogen) atoms. The van der Waals surface area contributed by atoms with Gasteiger partial charge in [0, 0.05) is 0 Å². The van der Waals surface area contributed by atoms with E-state index in [0.29, 0.717) is 5.75 Å². The quantitative estimate of drug-likeness (QED) is 0.764. The van der Waals surface area contributed by atoms with Crippen molar-refractivity contribution in [3.8, 4) is 5.75 Å². The Kier molecular flexibility index (Phi) is 5.54. The number of rotatable bonds is 6. The van der Waals surface area contributed by atoms with Gasteiger partial charge in [-0.25, -0.2) is 0 Å². The predicted molar refractivity (Wildman–Crippen MR) is 74.4 cm³/mol. The Morgan fingerprint density at radius 1 is 0.882 bits per heavy atom. The van der Waals surface area contributed by atoms with Crippen molar-refractivity contribution in [1.82, 2.24) is 0 Å². The van der Waals surface area contributed by atoms with Gasteiger partial charge in [0.05, 0.1) is 0 Å². The van der Waals surface area contributed by atoms with E-state index in [9.17, 15) is 5.11 Å². The van der Waals surface area contributed by atoms with Crippen LogP contribution in [0.2, 0.25) is 0 Å². The van der Waals surface area contributed by atoms with Crippen LogP contribution in [0.15, 0.2) is 18.2 Å². The van der Waals surface area contributed by atoms with Crippen molar-refractivity contribution in [3.05, 3.63) is 29.3 Å². The van der Waals surface area contributed by atoms with Crippen LogP contribution >= 0.6 is 0 Å². The van der Waals surface area contributed by atoms with Crippen molar-refractivity contribution in [2.24, 2.45) is 11.8 Å². The molecule has 0 spiro atoms. The highest BCUT2D eigenvalue weighted by Crippen LogP contribution is 2.22. The van der Waals surface area contributed by atoms with Crippen LogP contribution in [-0.2, 0) is 12.8 Å². The van der Waals surface area contributed by atoms with Crippen LogP contribution in [0.4, 0.5) is 0 Å². The topological polar surface area (TPSA) is 20.2 Å². The number of aryl methyl sites for hydroxylation is 2. The zero-order valence-corrected chi connectivity index (χ0v) is 11.7. The molecule has 0 atom stereocenters. The maximum atomic E-state index is 9.58. The van der Waals surface area contributed by atoms with Gasteiger partial charge in [-0.3, -0.25) is 0 Å². The molecule has 0 radical (unpaired) electrons. The van der Waals surface area contributed by atoms with Crippen LogP contribution in [0.1, 0.15) is 51.7 Å². The number of benzene rings is 1. The Morgan fingerprint density at radius 2 is 1.41 bits per heavy atom. The molecule has 1 N–H and O–H groups in total. The van der Waals surface area contributed by atoms with Gasteiger partial charge in [-0.2, -0.15) is 0 Å². The average Bonchev–Trinajstić information content (AvgIpc) is 2.24. The van der Waals surface area contributed by atoms with Crippen molar-refractivity contribution >= 4 is 0 Å². The van der Waals surface area contributed by atoms with Gasteiger partial charge in [0.25, 0.3) is 0 Å². The van der Waals surface area contributed by atoms with Crippen LogP contribution in [0.25, 0.3) is 0 Å². The van der Waals surface area contributed by atoms with Crippen molar-refractivity contribution in [3.63, 3.8) is 0 Å². The lowest BCUT2D eigenvalue weighted by Gasteiger charge is -2.12. The van der Waals surface area contributed by atoms with Crippen LogP contribution in [0.3, 0.4) is 0 Å². The standard InChI is InChI=1S/C16H26O/c1-12(2)5-7-14-9-10-16(17)11-15(14)8-6-13(3)4/h9-13,17H,5-8H2,1-4H3. The molecule has 0 saturated heterocycles. The Bertz CT molecular complexity index is 339. The fourth-order valence-corrected chi connectivity index (χ4v) is 1.98. The molecule has 0 aliphatic carbocycles. The summed E-state index contributed by atoms with van der Waals surface area (Å²) in [7, 11) is 0. The monoisotopic (exact) mass is 234 g/mol. The van der Waals surface area contributed by atoms with Gasteiger partial charge >= 0.3 is 0 Å². The SMILES string of the molecule is CC(C)CCc1ccc(O)cc1CCC(C)C. The summed E-state index contributed by atoms with van der Waals surface area (Å²) in [5.41, 5.74) is 2.75. The summed E-state index contributed by atoms with van der Waals surface area (Å²) < 4.78 is 0. The van der Waals surface area contributed by atoms with E-state index in [1.54, 1.807) is 0 Å². The van der Waals surface area contributed by atoms with Crippen LogP contribution < -0.4 is 0 Å². The lowest BCUT2D eigenvalue weighted by molar-refractivity contribution is 0.473. The Hall–Kier alpha value is -0.980. The molecule has 0 unspecified atom stereocenters. The third kappa shape index (κ3) is 5.25. The molecule has 1 aromatic rings. The minimum atomic E-state index is 0.400. The molecule has 0 fully saturated rings. The molecule has 0 bridgehead atoms. The fraction of sp³-hybridized carbons (Fsp3) is 0.625. The maximum Gasteiger partial charge on any atom is 0.115 e. The Labute approximate surface area is 106 Å². The number of hydrogen-bond donors (Lipinski definition) is 1. The van der Waals surface area contributed by atoms with E-state index in [4.69, 9.17) is 0 Å². The average molecular weight is 234 g/mol. The van der Waals surface area contributed by atoms with E-state index >= 15 is 0 Å². The summed E-state index contributed by atoms with van der Waals surface area (Å²) >= 11 is 0. The molecule has 0 saturated carbocycles. The highest BCUT2D eigenvalue weighted by atomic mass is 16.3. The molecule has 0 aliphatic rings. The normalized spacial score (nSPS) is 11.4. The lowest BCUT2D eigenvalue weighted by atomic mass is 9.94. The molecule has 1 rings (SSSR count). The van der Waals surface area contributed by atoms with Gasteiger partial charge in [-0.1, -0.05) is 33.8 Å². The van der Waals surface area contributed by atoms with Crippen molar-refractivity contribution in [1.29, 1.82) is 0 Å². The second-order valence-electron chi connectivity index (χ2n) is 5.82. The summed E-state index contributed by atoms with van der Waals surface area (Å²) in [5, 5.41) is 9.58. The van der Waals surface area contributed by atoms with Gasteiger partial charge in [-0.05, 0) is 60.8 Å². The molecule has 96 valence electrons. The summed E-state index contributed by atoms with van der Waals surface area (Å²) in [6, 6.07) is 5.85. The first kappa shape index (κ1) is 14.1. The molecule has 0 heterocycles. The first-order valence-electron chi connectivity index (χ1n) is 6.79.